The number of Topliss-reactive ketones (excluding diaryl/α,β-unsaturated/α-hetero) is 1. The maximum Gasteiger partial charge on any atom is 0.262 e. The normalized spacial score (nSPS) is 19.5. The van der Waals surface area contributed by atoms with Gasteiger partial charge < -0.3 is 19.3 Å². The molecule has 0 saturated carbocycles. The molecular formula is C17H22O5. The monoisotopic (exact) mass is 306 g/mol. The summed E-state index contributed by atoms with van der Waals surface area (Å²) in [5, 5.41) is 10.7. The van der Waals surface area contributed by atoms with Crippen molar-refractivity contribution in [2.24, 2.45) is 0 Å². The highest BCUT2D eigenvalue weighted by Crippen LogP contribution is 2.54. The number of ether oxygens (including phenoxy) is 3. The number of aromatic hydroxyl groups is 1. The van der Waals surface area contributed by atoms with Crippen molar-refractivity contribution in [3.05, 3.63) is 22.8 Å². The Hall–Kier alpha value is -1.59. The molecule has 1 aliphatic heterocycles. The molecule has 0 aromatic heterocycles. The number of carbonyl (C=O) groups excluding carboxylic acids is 1. The van der Waals surface area contributed by atoms with E-state index in [0.717, 1.165) is 0 Å². The number of fused-ring (bicyclic) bond motifs is 2. The molecule has 0 unspecified atom stereocenters. The fourth-order valence-electron chi connectivity index (χ4n) is 3.13. The lowest BCUT2D eigenvalue weighted by molar-refractivity contribution is -0.137. The Morgan fingerprint density at radius 1 is 1.27 bits per heavy atom. The number of hydrogen-bond donors (Lipinski definition) is 1. The van der Waals surface area contributed by atoms with Crippen molar-refractivity contribution in [1.29, 1.82) is 0 Å². The summed E-state index contributed by atoms with van der Waals surface area (Å²) < 4.78 is 16.9. The zero-order valence-corrected chi connectivity index (χ0v) is 13.6. The second kappa shape index (κ2) is 4.70. The molecule has 0 bridgehead atoms. The molecule has 5 heteroatoms. The minimum Gasteiger partial charge on any atom is -0.507 e. The van der Waals surface area contributed by atoms with E-state index in [1.807, 2.05) is 34.6 Å². The number of benzene rings is 1. The molecule has 1 aromatic rings. The Balaban J connectivity index is 2.21. The molecule has 1 aliphatic carbocycles. The number of phenolic OH excluding ortho intramolecular Hbond substituents is 1. The molecule has 0 radical (unpaired) electrons. The Morgan fingerprint density at radius 2 is 1.86 bits per heavy atom. The molecular weight excluding hydrogens is 284 g/mol. The predicted octanol–water partition coefficient (Wildman–Crippen LogP) is 2.87. The molecule has 120 valence electrons. The van der Waals surface area contributed by atoms with E-state index in [-0.39, 0.29) is 23.1 Å². The number of rotatable bonds is 2. The average molecular weight is 306 g/mol. The number of carbonyl (C=O) groups is 1. The highest BCUT2D eigenvalue weighted by Gasteiger charge is 2.59. The highest BCUT2D eigenvalue weighted by molar-refractivity contribution is 6.14. The molecule has 22 heavy (non-hydrogen) atoms. The van der Waals surface area contributed by atoms with Gasteiger partial charge in [0.25, 0.3) is 5.79 Å². The predicted molar refractivity (Wildman–Crippen MR) is 80.5 cm³/mol. The third-order valence-corrected chi connectivity index (χ3v) is 3.95. The first-order valence-corrected chi connectivity index (χ1v) is 7.59. The van der Waals surface area contributed by atoms with E-state index >= 15 is 0 Å². The SMILES string of the molecule is CC(C)Oc1cc2c(c(O)c1C(C)(C)C)C(=O)C21OCCO1. The molecule has 0 amide bonds. The molecule has 1 spiro atoms. The smallest absolute Gasteiger partial charge is 0.262 e. The maximum absolute atomic E-state index is 12.5. The van der Waals surface area contributed by atoms with Crippen LogP contribution in [0.4, 0.5) is 0 Å². The summed E-state index contributed by atoms with van der Waals surface area (Å²) in [6, 6.07) is 1.78. The highest BCUT2D eigenvalue weighted by atomic mass is 16.7. The molecule has 1 heterocycles. The summed E-state index contributed by atoms with van der Waals surface area (Å²) in [5.41, 5.74) is 1.14. The van der Waals surface area contributed by atoms with Crippen LogP contribution in [0.2, 0.25) is 0 Å². The van der Waals surface area contributed by atoms with E-state index < -0.39 is 5.79 Å². The van der Waals surface area contributed by atoms with E-state index in [2.05, 4.69) is 0 Å². The summed E-state index contributed by atoms with van der Waals surface area (Å²) in [6.07, 6.45) is -0.0457. The average Bonchev–Trinajstić information content (AvgIpc) is 2.87. The van der Waals surface area contributed by atoms with Gasteiger partial charge in [0, 0.05) is 11.1 Å². The van der Waals surface area contributed by atoms with E-state index in [0.29, 0.717) is 35.7 Å². The van der Waals surface area contributed by atoms with Crippen molar-refractivity contribution in [2.75, 3.05) is 13.2 Å². The zero-order chi connectivity index (χ0) is 16.3. The van der Waals surface area contributed by atoms with Crippen molar-refractivity contribution in [2.45, 2.75) is 51.9 Å². The molecule has 1 N–H and O–H groups in total. The van der Waals surface area contributed by atoms with Crippen LogP contribution in [-0.4, -0.2) is 30.2 Å². The van der Waals surface area contributed by atoms with Crippen LogP contribution < -0.4 is 4.74 Å². The van der Waals surface area contributed by atoms with Crippen molar-refractivity contribution >= 4 is 5.78 Å². The van der Waals surface area contributed by atoms with Gasteiger partial charge in [0.15, 0.2) is 0 Å². The molecule has 1 saturated heterocycles. The number of phenols is 1. The van der Waals surface area contributed by atoms with Gasteiger partial charge in [0.1, 0.15) is 11.5 Å². The Kier molecular flexibility index (Phi) is 3.27. The lowest BCUT2D eigenvalue weighted by atomic mass is 9.74. The van der Waals surface area contributed by atoms with E-state index in [4.69, 9.17) is 14.2 Å². The summed E-state index contributed by atoms with van der Waals surface area (Å²) in [5.74, 6) is -1.09. The van der Waals surface area contributed by atoms with Crippen LogP contribution in [-0.2, 0) is 20.7 Å². The van der Waals surface area contributed by atoms with Gasteiger partial charge in [-0.2, -0.15) is 0 Å². The van der Waals surface area contributed by atoms with Crippen molar-refractivity contribution in [1.82, 2.24) is 0 Å². The van der Waals surface area contributed by atoms with Crippen LogP contribution in [0.5, 0.6) is 11.5 Å². The lowest BCUT2D eigenvalue weighted by Crippen LogP contribution is -2.47. The minimum absolute atomic E-state index is 0.0182. The van der Waals surface area contributed by atoms with Crippen LogP contribution in [0.25, 0.3) is 0 Å². The zero-order valence-electron chi connectivity index (χ0n) is 13.6. The standard InChI is InChI=1S/C17H22O5/c1-9(2)22-11-8-10-12(14(18)13(11)16(3,4)5)15(19)17(10)20-6-7-21-17/h8-9,18H,6-7H2,1-5H3. The van der Waals surface area contributed by atoms with Crippen molar-refractivity contribution < 1.29 is 24.1 Å². The summed E-state index contributed by atoms with van der Waals surface area (Å²) >= 11 is 0. The summed E-state index contributed by atoms with van der Waals surface area (Å²) in [4.78, 5) is 12.5. The lowest BCUT2D eigenvalue weighted by Gasteiger charge is -2.39. The van der Waals surface area contributed by atoms with Crippen LogP contribution in [0.1, 0.15) is 56.1 Å². The van der Waals surface area contributed by atoms with E-state index in [1.165, 1.54) is 0 Å². The topological polar surface area (TPSA) is 65.0 Å². The fraction of sp³-hybridized carbons (Fsp3) is 0.588. The molecule has 0 atom stereocenters. The first-order chi connectivity index (χ1) is 10.2. The molecule has 3 rings (SSSR count). The third kappa shape index (κ3) is 1.96. The first kappa shape index (κ1) is 15.3. The maximum atomic E-state index is 12.5. The molecule has 1 fully saturated rings. The van der Waals surface area contributed by atoms with Crippen LogP contribution in [0, 0.1) is 0 Å². The largest absolute Gasteiger partial charge is 0.507 e. The van der Waals surface area contributed by atoms with Gasteiger partial charge in [-0.05, 0) is 25.3 Å². The van der Waals surface area contributed by atoms with Gasteiger partial charge in [-0.1, -0.05) is 20.8 Å². The van der Waals surface area contributed by atoms with Crippen LogP contribution >= 0.6 is 0 Å². The van der Waals surface area contributed by atoms with Gasteiger partial charge in [-0.15, -0.1) is 0 Å². The first-order valence-electron chi connectivity index (χ1n) is 7.59. The third-order valence-electron chi connectivity index (χ3n) is 3.95. The van der Waals surface area contributed by atoms with Gasteiger partial charge in [-0.25, -0.2) is 0 Å². The molecule has 1 aromatic carbocycles. The summed E-state index contributed by atoms with van der Waals surface area (Å²) in [7, 11) is 0. The Morgan fingerprint density at radius 3 is 2.36 bits per heavy atom. The number of ketones is 1. The Bertz CT molecular complexity index is 633. The second-order valence-electron chi connectivity index (χ2n) is 7.08. The van der Waals surface area contributed by atoms with Crippen molar-refractivity contribution in [3.8, 4) is 11.5 Å². The number of hydrogen-bond acceptors (Lipinski definition) is 5. The fourth-order valence-corrected chi connectivity index (χ4v) is 3.13. The van der Waals surface area contributed by atoms with Gasteiger partial charge in [0.2, 0.25) is 5.78 Å². The van der Waals surface area contributed by atoms with Gasteiger partial charge in [0.05, 0.1) is 24.9 Å². The Labute approximate surface area is 130 Å². The van der Waals surface area contributed by atoms with Crippen molar-refractivity contribution in [3.63, 3.8) is 0 Å². The summed E-state index contributed by atoms with van der Waals surface area (Å²) in [6.45, 7) is 10.5. The minimum atomic E-state index is -1.34. The van der Waals surface area contributed by atoms with Crippen LogP contribution in [0.3, 0.4) is 0 Å². The van der Waals surface area contributed by atoms with E-state index in [1.54, 1.807) is 6.07 Å². The second-order valence-corrected chi connectivity index (χ2v) is 7.08. The van der Waals surface area contributed by atoms with E-state index in [9.17, 15) is 9.90 Å². The molecule has 2 aliphatic rings. The molecule has 5 nitrogen and oxygen atoms in total. The van der Waals surface area contributed by atoms with Crippen LogP contribution in [0.15, 0.2) is 6.07 Å². The van der Waals surface area contributed by atoms with Gasteiger partial charge in [-0.3, -0.25) is 4.79 Å². The van der Waals surface area contributed by atoms with Gasteiger partial charge >= 0.3 is 0 Å². The quantitative estimate of drug-likeness (QED) is 0.910.